The van der Waals surface area contributed by atoms with E-state index < -0.39 is 6.10 Å². The number of hydrogen-bond donors (Lipinski definition) is 1. The van der Waals surface area contributed by atoms with Crippen LogP contribution in [0, 0.1) is 19.7 Å². The molecule has 40 heavy (non-hydrogen) atoms. The summed E-state index contributed by atoms with van der Waals surface area (Å²) in [5, 5.41) is 2.99. The first-order valence-corrected chi connectivity index (χ1v) is 13.8. The number of nitrogens with one attached hydrogen (secondary N) is 1. The highest BCUT2D eigenvalue weighted by molar-refractivity contribution is 6.04. The lowest BCUT2D eigenvalue weighted by Gasteiger charge is -2.40. The zero-order valence-electron chi connectivity index (χ0n) is 23.7. The molecule has 1 N–H and O–H groups in total. The fourth-order valence-electron chi connectivity index (χ4n) is 5.03. The number of benzene rings is 3. The Hall–Kier alpha value is -3.97. The highest BCUT2D eigenvalue weighted by Gasteiger charge is 2.28. The summed E-state index contributed by atoms with van der Waals surface area (Å²) in [6.45, 7) is 13.9. The van der Waals surface area contributed by atoms with Crippen LogP contribution in [-0.4, -0.2) is 53.8 Å². The Morgan fingerprint density at radius 3 is 2.45 bits per heavy atom. The van der Waals surface area contributed by atoms with Crippen LogP contribution in [0.25, 0.3) is 0 Å². The lowest BCUT2D eigenvalue weighted by atomic mass is 10.0. The normalized spacial score (nSPS) is 16.3. The van der Waals surface area contributed by atoms with Crippen molar-refractivity contribution in [2.75, 3.05) is 31.5 Å². The summed E-state index contributed by atoms with van der Waals surface area (Å²) in [5.74, 6) is 0.0319. The molecule has 1 saturated heterocycles. The van der Waals surface area contributed by atoms with Gasteiger partial charge in [0.05, 0.1) is 0 Å². The molecular weight excluding hydrogens is 505 g/mol. The Kier molecular flexibility index (Phi) is 9.38. The van der Waals surface area contributed by atoms with Crippen LogP contribution in [-0.2, 0) is 11.2 Å². The van der Waals surface area contributed by atoms with Crippen LogP contribution in [0.3, 0.4) is 0 Å². The van der Waals surface area contributed by atoms with E-state index in [1.54, 1.807) is 37.3 Å². The van der Waals surface area contributed by atoms with E-state index in [0.29, 0.717) is 43.1 Å². The molecule has 1 heterocycles. The second kappa shape index (κ2) is 12.9. The second-order valence-corrected chi connectivity index (χ2v) is 10.4. The van der Waals surface area contributed by atoms with Gasteiger partial charge in [-0.1, -0.05) is 37.8 Å². The Labute approximate surface area is 236 Å². The summed E-state index contributed by atoms with van der Waals surface area (Å²) >= 11 is 0. The smallest absolute Gasteiger partial charge is 0.255 e. The summed E-state index contributed by atoms with van der Waals surface area (Å²) in [6.07, 6.45) is 1.85. The number of piperazine rings is 1. The molecule has 0 radical (unpaired) electrons. The van der Waals surface area contributed by atoms with Gasteiger partial charge in [0.2, 0.25) is 5.91 Å². The minimum absolute atomic E-state index is 0.0225. The van der Waals surface area contributed by atoms with E-state index in [0.717, 1.165) is 23.2 Å². The molecular formula is C33H38FN3O3. The molecule has 0 spiro atoms. The van der Waals surface area contributed by atoms with Gasteiger partial charge < -0.3 is 15.0 Å². The van der Waals surface area contributed by atoms with E-state index in [1.807, 2.05) is 36.9 Å². The Bertz CT molecular complexity index is 1370. The second-order valence-electron chi connectivity index (χ2n) is 10.4. The fourth-order valence-corrected chi connectivity index (χ4v) is 5.03. The van der Waals surface area contributed by atoms with Gasteiger partial charge in [-0.05, 0) is 91.9 Å². The van der Waals surface area contributed by atoms with Gasteiger partial charge in [-0.25, -0.2) is 4.39 Å². The molecule has 3 aromatic rings. The highest BCUT2D eigenvalue weighted by atomic mass is 19.1. The molecule has 1 aliphatic heterocycles. The molecule has 3 aromatic carbocycles. The fraction of sp³-hybridized carbons (Fsp3) is 0.333. The standard InChI is InChI=1S/C33H38FN3O3/c1-6-25-9-15-30(23(4)18-25)35-33(39)26-11-13-28(14-12-26)40-31(27-10-8-22(3)29(34)19-27)21-36-16-17-37(24(5)20-36)32(38)7-2/h7-15,18-19,24,31H,2,6,16-17,20-21H2,1,3-5H3,(H,35,39)/t24-,31?/m1/s1. The molecule has 2 atom stereocenters. The van der Waals surface area contributed by atoms with Crippen LogP contribution in [0.15, 0.2) is 73.3 Å². The van der Waals surface area contributed by atoms with Crippen LogP contribution in [0.4, 0.5) is 10.1 Å². The first kappa shape index (κ1) is 29.0. The number of carbonyl (C=O) groups excluding carboxylic acids is 2. The largest absolute Gasteiger partial charge is 0.484 e. The van der Waals surface area contributed by atoms with E-state index in [1.165, 1.54) is 17.7 Å². The van der Waals surface area contributed by atoms with Crippen molar-refractivity contribution in [2.45, 2.75) is 46.3 Å². The summed E-state index contributed by atoms with van der Waals surface area (Å²) in [7, 11) is 0. The number of carbonyl (C=O) groups is 2. The van der Waals surface area contributed by atoms with Crippen molar-refractivity contribution in [3.05, 3.63) is 107 Å². The van der Waals surface area contributed by atoms with Crippen molar-refractivity contribution in [2.24, 2.45) is 0 Å². The first-order chi connectivity index (χ1) is 19.2. The third kappa shape index (κ3) is 6.96. The van der Waals surface area contributed by atoms with E-state index >= 15 is 0 Å². The maximum absolute atomic E-state index is 14.5. The zero-order chi connectivity index (χ0) is 28.8. The van der Waals surface area contributed by atoms with E-state index in [9.17, 15) is 14.0 Å². The minimum atomic E-state index is -0.441. The molecule has 4 rings (SSSR count). The average molecular weight is 544 g/mol. The zero-order valence-corrected chi connectivity index (χ0v) is 23.7. The molecule has 7 heteroatoms. The van der Waals surface area contributed by atoms with Gasteiger partial charge in [-0.2, -0.15) is 0 Å². The van der Waals surface area contributed by atoms with Crippen molar-refractivity contribution >= 4 is 17.5 Å². The monoisotopic (exact) mass is 543 g/mol. The van der Waals surface area contributed by atoms with Crippen LogP contribution >= 0.6 is 0 Å². The molecule has 1 unspecified atom stereocenters. The van der Waals surface area contributed by atoms with Crippen LogP contribution in [0.5, 0.6) is 5.75 Å². The molecule has 6 nitrogen and oxygen atoms in total. The summed E-state index contributed by atoms with van der Waals surface area (Å²) in [6, 6.07) is 18.2. The topological polar surface area (TPSA) is 61.9 Å². The number of anilines is 1. The lowest BCUT2D eigenvalue weighted by molar-refractivity contribution is -0.130. The molecule has 2 amide bonds. The Morgan fingerprint density at radius 2 is 1.82 bits per heavy atom. The predicted octanol–water partition coefficient (Wildman–Crippen LogP) is 6.10. The third-order valence-corrected chi connectivity index (χ3v) is 7.50. The number of amides is 2. The van der Waals surface area contributed by atoms with Crippen molar-refractivity contribution in [1.29, 1.82) is 0 Å². The van der Waals surface area contributed by atoms with Crippen molar-refractivity contribution in [3.63, 3.8) is 0 Å². The maximum Gasteiger partial charge on any atom is 0.255 e. The summed E-state index contributed by atoms with van der Waals surface area (Å²) in [5.41, 5.74) is 4.84. The quantitative estimate of drug-likeness (QED) is 0.332. The van der Waals surface area contributed by atoms with E-state index in [4.69, 9.17) is 4.74 Å². The van der Waals surface area contributed by atoms with Gasteiger partial charge in [0.15, 0.2) is 0 Å². The Morgan fingerprint density at radius 1 is 1.07 bits per heavy atom. The summed E-state index contributed by atoms with van der Waals surface area (Å²) in [4.78, 5) is 29.1. The van der Waals surface area contributed by atoms with Gasteiger partial charge in [0, 0.05) is 43.5 Å². The number of ether oxygens (including phenoxy) is 1. The van der Waals surface area contributed by atoms with Crippen LogP contribution in [0.1, 0.15) is 52.6 Å². The van der Waals surface area contributed by atoms with Crippen LogP contribution < -0.4 is 10.1 Å². The molecule has 0 aromatic heterocycles. The van der Waals surface area contributed by atoms with Gasteiger partial charge in [0.1, 0.15) is 17.7 Å². The Balaban J connectivity index is 1.48. The average Bonchev–Trinajstić information content (AvgIpc) is 2.95. The minimum Gasteiger partial charge on any atom is -0.484 e. The number of halogens is 1. The van der Waals surface area contributed by atoms with Gasteiger partial charge in [-0.3, -0.25) is 14.5 Å². The molecule has 0 aliphatic carbocycles. The van der Waals surface area contributed by atoms with Crippen molar-refractivity contribution in [3.8, 4) is 5.75 Å². The number of nitrogens with zero attached hydrogens (tertiary/aromatic N) is 2. The number of hydrogen-bond acceptors (Lipinski definition) is 4. The number of rotatable bonds is 9. The van der Waals surface area contributed by atoms with Gasteiger partial charge in [-0.15, -0.1) is 0 Å². The molecule has 0 saturated carbocycles. The molecule has 1 aliphatic rings. The van der Waals surface area contributed by atoms with Crippen molar-refractivity contribution < 1.29 is 18.7 Å². The predicted molar refractivity (Wildman–Crippen MR) is 157 cm³/mol. The van der Waals surface area contributed by atoms with Crippen molar-refractivity contribution in [1.82, 2.24) is 9.80 Å². The lowest BCUT2D eigenvalue weighted by Crippen LogP contribution is -2.54. The van der Waals surface area contributed by atoms with Gasteiger partial charge in [0.25, 0.3) is 5.91 Å². The third-order valence-electron chi connectivity index (χ3n) is 7.50. The first-order valence-electron chi connectivity index (χ1n) is 13.8. The van der Waals surface area contributed by atoms with E-state index in [2.05, 4.69) is 29.8 Å². The van der Waals surface area contributed by atoms with Gasteiger partial charge >= 0.3 is 0 Å². The molecule has 1 fully saturated rings. The maximum atomic E-state index is 14.5. The van der Waals surface area contributed by atoms with E-state index in [-0.39, 0.29) is 23.7 Å². The van der Waals surface area contributed by atoms with Crippen LogP contribution in [0.2, 0.25) is 0 Å². The molecule has 0 bridgehead atoms. The highest BCUT2D eigenvalue weighted by Crippen LogP contribution is 2.27. The SMILES string of the molecule is C=CC(=O)N1CCN(CC(Oc2ccc(C(=O)Nc3ccc(CC)cc3C)cc2)c2ccc(C)c(F)c2)C[C@H]1C. The molecule has 210 valence electrons. The number of aryl methyl sites for hydroxylation is 3. The summed E-state index contributed by atoms with van der Waals surface area (Å²) < 4.78 is 20.9.